The molecule has 0 spiro atoms. The number of halogens is 1. The lowest BCUT2D eigenvalue weighted by atomic mass is 10.1. The Morgan fingerprint density at radius 1 is 1.21 bits per heavy atom. The number of rotatable bonds is 2. The Hall–Kier alpha value is -1.06. The highest BCUT2D eigenvalue weighted by Crippen LogP contribution is 2.29. The Morgan fingerprint density at radius 2 is 2.05 bits per heavy atom. The summed E-state index contributed by atoms with van der Waals surface area (Å²) < 4.78 is 0. The zero-order valence-corrected chi connectivity index (χ0v) is 11.8. The number of carbonyl (C=O) groups is 1. The van der Waals surface area contributed by atoms with Gasteiger partial charge in [-0.3, -0.25) is 9.69 Å². The Bertz CT molecular complexity index is 477. The molecule has 3 rings (SSSR count). The monoisotopic (exact) mass is 278 g/mol. The molecule has 1 aromatic carbocycles. The molecule has 0 aliphatic carbocycles. The van der Waals surface area contributed by atoms with Crippen molar-refractivity contribution in [3.8, 4) is 0 Å². The Labute approximate surface area is 119 Å². The Balaban J connectivity index is 1.89. The maximum atomic E-state index is 11.3. The minimum absolute atomic E-state index is 0.556. The molecule has 2 aliphatic heterocycles. The third-order valence-corrected chi connectivity index (χ3v) is 4.62. The van der Waals surface area contributed by atoms with Gasteiger partial charge in [0.05, 0.1) is 10.6 Å². The Kier molecular flexibility index (Phi) is 3.76. The van der Waals surface area contributed by atoms with Crippen LogP contribution in [-0.2, 0) is 0 Å². The van der Waals surface area contributed by atoms with E-state index in [1.807, 2.05) is 12.1 Å². The molecule has 2 aliphatic rings. The summed E-state index contributed by atoms with van der Waals surface area (Å²) in [6, 6.07) is 6.37. The van der Waals surface area contributed by atoms with Crippen molar-refractivity contribution in [2.45, 2.75) is 25.3 Å². The van der Waals surface area contributed by atoms with E-state index in [1.54, 1.807) is 6.07 Å². The predicted octanol–water partition coefficient (Wildman–Crippen LogP) is 2.83. The van der Waals surface area contributed by atoms with E-state index in [0.29, 0.717) is 16.6 Å². The molecule has 1 atom stereocenters. The smallest absolute Gasteiger partial charge is 0.153 e. The van der Waals surface area contributed by atoms with Gasteiger partial charge < -0.3 is 4.90 Å². The van der Waals surface area contributed by atoms with Crippen molar-refractivity contribution in [2.24, 2.45) is 0 Å². The fraction of sp³-hybridized carbons (Fsp3) is 0.533. The fourth-order valence-corrected chi connectivity index (χ4v) is 3.56. The maximum Gasteiger partial charge on any atom is 0.153 e. The van der Waals surface area contributed by atoms with Crippen LogP contribution in [0.5, 0.6) is 0 Å². The number of anilines is 1. The van der Waals surface area contributed by atoms with E-state index in [9.17, 15) is 4.79 Å². The highest BCUT2D eigenvalue weighted by molar-refractivity contribution is 6.33. The minimum atomic E-state index is 0.556. The second-order valence-corrected chi connectivity index (χ2v) is 5.83. The van der Waals surface area contributed by atoms with Gasteiger partial charge in [-0.2, -0.15) is 0 Å². The molecule has 0 N–H and O–H groups in total. The lowest BCUT2D eigenvalue weighted by molar-refractivity contribution is 0.112. The molecule has 1 aromatic rings. The van der Waals surface area contributed by atoms with Crippen LogP contribution in [0.4, 0.5) is 5.69 Å². The largest absolute Gasteiger partial charge is 0.369 e. The molecule has 0 aromatic heterocycles. The Morgan fingerprint density at radius 3 is 2.89 bits per heavy atom. The van der Waals surface area contributed by atoms with Gasteiger partial charge in [-0.05, 0) is 37.9 Å². The summed E-state index contributed by atoms with van der Waals surface area (Å²) in [5.41, 5.74) is 1.63. The number of hydrogen-bond donors (Lipinski definition) is 0. The molecule has 2 heterocycles. The van der Waals surface area contributed by atoms with Crippen LogP contribution in [-0.4, -0.2) is 43.4 Å². The zero-order valence-electron chi connectivity index (χ0n) is 11.0. The van der Waals surface area contributed by atoms with Crippen molar-refractivity contribution in [1.82, 2.24) is 4.90 Å². The first kappa shape index (κ1) is 12.9. The van der Waals surface area contributed by atoms with Crippen LogP contribution in [0.15, 0.2) is 18.2 Å². The van der Waals surface area contributed by atoms with E-state index in [0.717, 1.165) is 31.5 Å². The highest BCUT2D eigenvalue weighted by Gasteiger charge is 2.29. The quantitative estimate of drug-likeness (QED) is 0.777. The summed E-state index contributed by atoms with van der Waals surface area (Å²) in [5.74, 6) is 0. The first-order chi connectivity index (χ1) is 9.29. The average molecular weight is 279 g/mol. The fourth-order valence-electron chi connectivity index (χ4n) is 3.34. The first-order valence-corrected chi connectivity index (χ1v) is 7.40. The summed E-state index contributed by atoms with van der Waals surface area (Å²) in [5, 5.41) is 0.556. The van der Waals surface area contributed by atoms with Crippen molar-refractivity contribution >= 4 is 23.6 Å². The highest BCUT2D eigenvalue weighted by atomic mass is 35.5. The number of aldehydes is 1. The van der Waals surface area contributed by atoms with E-state index in [2.05, 4.69) is 9.80 Å². The summed E-state index contributed by atoms with van der Waals surface area (Å²) in [7, 11) is 0. The normalized spacial score (nSPS) is 24.1. The van der Waals surface area contributed by atoms with E-state index in [-0.39, 0.29) is 0 Å². The van der Waals surface area contributed by atoms with Crippen LogP contribution < -0.4 is 4.90 Å². The second kappa shape index (κ2) is 5.51. The second-order valence-electron chi connectivity index (χ2n) is 5.42. The van der Waals surface area contributed by atoms with Crippen molar-refractivity contribution in [1.29, 1.82) is 0 Å². The van der Waals surface area contributed by atoms with Crippen LogP contribution in [0, 0.1) is 0 Å². The van der Waals surface area contributed by atoms with Crippen LogP contribution in [0.25, 0.3) is 0 Å². The third-order valence-electron chi connectivity index (χ3n) is 4.29. The van der Waals surface area contributed by atoms with Gasteiger partial charge in [-0.25, -0.2) is 0 Å². The standard InChI is InChI=1S/C15H19ClN2O/c16-14-5-1-6-15(13(14)11-19)18-9-3-8-17-7-2-4-12(17)10-18/h1,5-6,11-12H,2-4,7-10H2. The van der Waals surface area contributed by atoms with E-state index >= 15 is 0 Å². The molecular weight excluding hydrogens is 260 g/mol. The molecule has 19 heavy (non-hydrogen) atoms. The van der Waals surface area contributed by atoms with Gasteiger partial charge >= 0.3 is 0 Å². The van der Waals surface area contributed by atoms with Crippen LogP contribution in [0.3, 0.4) is 0 Å². The van der Waals surface area contributed by atoms with Gasteiger partial charge in [-0.1, -0.05) is 17.7 Å². The predicted molar refractivity (Wildman–Crippen MR) is 78.3 cm³/mol. The lowest BCUT2D eigenvalue weighted by Gasteiger charge is -2.28. The molecule has 0 bridgehead atoms. The van der Waals surface area contributed by atoms with Crippen molar-refractivity contribution in [3.63, 3.8) is 0 Å². The van der Waals surface area contributed by atoms with Crippen molar-refractivity contribution in [2.75, 3.05) is 31.1 Å². The third kappa shape index (κ3) is 2.49. The lowest BCUT2D eigenvalue weighted by Crippen LogP contribution is -2.37. The molecule has 4 heteroatoms. The summed E-state index contributed by atoms with van der Waals surface area (Å²) >= 11 is 6.13. The van der Waals surface area contributed by atoms with Gasteiger partial charge in [0.1, 0.15) is 0 Å². The van der Waals surface area contributed by atoms with E-state index in [1.165, 1.54) is 25.9 Å². The molecule has 0 saturated carbocycles. The van der Waals surface area contributed by atoms with Gasteiger partial charge in [0.2, 0.25) is 0 Å². The number of benzene rings is 1. The van der Waals surface area contributed by atoms with Gasteiger partial charge in [0, 0.05) is 31.4 Å². The number of nitrogens with zero attached hydrogens (tertiary/aromatic N) is 2. The zero-order chi connectivity index (χ0) is 13.2. The van der Waals surface area contributed by atoms with Gasteiger partial charge in [0.15, 0.2) is 6.29 Å². The first-order valence-electron chi connectivity index (χ1n) is 7.02. The SMILES string of the molecule is O=Cc1c(Cl)cccc1N1CCCN2CCCC2C1. The molecular formula is C15H19ClN2O. The average Bonchev–Trinajstić information content (AvgIpc) is 2.76. The minimum Gasteiger partial charge on any atom is -0.369 e. The molecule has 3 nitrogen and oxygen atoms in total. The van der Waals surface area contributed by atoms with Gasteiger partial charge in [-0.15, -0.1) is 0 Å². The summed E-state index contributed by atoms with van der Waals surface area (Å²) in [4.78, 5) is 16.2. The topological polar surface area (TPSA) is 23.6 Å². The summed E-state index contributed by atoms with van der Waals surface area (Å²) in [6.07, 6.45) is 4.61. The number of carbonyl (C=O) groups excluding carboxylic acids is 1. The van der Waals surface area contributed by atoms with Gasteiger partial charge in [0.25, 0.3) is 0 Å². The van der Waals surface area contributed by atoms with Crippen LogP contribution in [0.1, 0.15) is 29.6 Å². The number of fused-ring (bicyclic) bond motifs is 1. The maximum absolute atomic E-state index is 11.3. The van der Waals surface area contributed by atoms with Crippen molar-refractivity contribution in [3.05, 3.63) is 28.8 Å². The van der Waals surface area contributed by atoms with Crippen LogP contribution >= 0.6 is 11.6 Å². The molecule has 2 fully saturated rings. The van der Waals surface area contributed by atoms with E-state index < -0.39 is 0 Å². The van der Waals surface area contributed by atoms with Crippen molar-refractivity contribution < 1.29 is 4.79 Å². The molecule has 0 radical (unpaired) electrons. The molecule has 1 unspecified atom stereocenters. The van der Waals surface area contributed by atoms with Crippen LogP contribution in [0.2, 0.25) is 5.02 Å². The van der Waals surface area contributed by atoms with E-state index in [4.69, 9.17) is 11.6 Å². The molecule has 102 valence electrons. The molecule has 0 amide bonds. The number of hydrogen-bond acceptors (Lipinski definition) is 3. The summed E-state index contributed by atoms with van der Waals surface area (Å²) in [6.45, 7) is 4.43. The molecule has 2 saturated heterocycles.